The van der Waals surface area contributed by atoms with Gasteiger partial charge in [0.2, 0.25) is 0 Å². The zero-order chi connectivity index (χ0) is 20.6. The molecule has 2 aromatic carbocycles. The Balaban J connectivity index is 1.55. The van der Waals surface area contributed by atoms with Crippen molar-refractivity contribution >= 4 is 17.3 Å². The van der Waals surface area contributed by atoms with Crippen LogP contribution in [0.3, 0.4) is 0 Å². The van der Waals surface area contributed by atoms with Gasteiger partial charge in [-0.2, -0.15) is 5.10 Å². The molecule has 0 atom stereocenters. The van der Waals surface area contributed by atoms with E-state index >= 15 is 0 Å². The molecule has 3 aromatic rings. The third kappa shape index (κ3) is 5.74. The van der Waals surface area contributed by atoms with Crippen LogP contribution in [0.4, 0.5) is 5.69 Å². The van der Waals surface area contributed by atoms with E-state index in [1.807, 2.05) is 73.5 Å². The lowest BCUT2D eigenvalue weighted by molar-refractivity contribution is 0.288. The second kappa shape index (κ2) is 9.98. The van der Waals surface area contributed by atoms with Crippen LogP contribution in [0.1, 0.15) is 5.56 Å². The lowest BCUT2D eigenvalue weighted by Crippen LogP contribution is -2.30. The summed E-state index contributed by atoms with van der Waals surface area (Å²) in [5.41, 5.74) is 1.37. The highest BCUT2D eigenvalue weighted by molar-refractivity contribution is 6.33. The van der Waals surface area contributed by atoms with E-state index in [4.69, 9.17) is 21.1 Å². The smallest absolute Gasteiger partial charge is 0.287 e. The van der Waals surface area contributed by atoms with E-state index in [0.29, 0.717) is 32.0 Å². The molecule has 0 aliphatic carbocycles. The van der Waals surface area contributed by atoms with Crippen molar-refractivity contribution in [3.05, 3.63) is 81.7 Å². The minimum atomic E-state index is -0.340. The maximum absolute atomic E-state index is 12.5. The molecule has 0 aliphatic rings. The number of rotatable bonds is 9. The van der Waals surface area contributed by atoms with E-state index in [0.717, 1.165) is 17.1 Å². The molecule has 1 heterocycles. The first kappa shape index (κ1) is 20.7. The first-order chi connectivity index (χ1) is 14.0. The van der Waals surface area contributed by atoms with Gasteiger partial charge < -0.3 is 14.4 Å². The standard InChI is InChI=1S/C22H24ClN3O3/c1-17-7-6-10-19(15-17)29-13-11-25(2)20-16-24-26(22(27)21(20)23)12-14-28-18-8-4-3-5-9-18/h3-10,15-16H,11-14H2,1-2H3. The summed E-state index contributed by atoms with van der Waals surface area (Å²) < 4.78 is 12.7. The number of nitrogens with zero attached hydrogens (tertiary/aromatic N) is 3. The maximum Gasteiger partial charge on any atom is 0.287 e. The summed E-state index contributed by atoms with van der Waals surface area (Å²) in [6, 6.07) is 17.3. The predicted octanol–water partition coefficient (Wildman–Crippen LogP) is 3.80. The number of ether oxygens (including phenoxy) is 2. The van der Waals surface area contributed by atoms with E-state index in [1.165, 1.54) is 4.68 Å². The summed E-state index contributed by atoms with van der Waals surface area (Å²) in [6.45, 7) is 3.69. The van der Waals surface area contributed by atoms with Gasteiger partial charge in [-0.05, 0) is 36.8 Å². The van der Waals surface area contributed by atoms with Crippen LogP contribution >= 0.6 is 11.6 Å². The molecule has 0 aliphatic heterocycles. The lowest BCUT2D eigenvalue weighted by atomic mass is 10.2. The summed E-state index contributed by atoms with van der Waals surface area (Å²) in [5.74, 6) is 1.56. The van der Waals surface area contributed by atoms with E-state index in [-0.39, 0.29) is 10.6 Å². The van der Waals surface area contributed by atoms with Crippen LogP contribution in [0.2, 0.25) is 5.02 Å². The fraction of sp³-hybridized carbons (Fsp3) is 0.273. The molecule has 3 rings (SSSR count). The molecule has 0 unspecified atom stereocenters. The number of anilines is 1. The first-order valence-corrected chi connectivity index (χ1v) is 9.76. The van der Waals surface area contributed by atoms with Gasteiger partial charge in [0, 0.05) is 7.05 Å². The maximum atomic E-state index is 12.5. The molecule has 7 heteroatoms. The Morgan fingerprint density at radius 2 is 1.76 bits per heavy atom. The van der Waals surface area contributed by atoms with Gasteiger partial charge in [0.05, 0.1) is 25.0 Å². The van der Waals surface area contributed by atoms with Gasteiger partial charge in [-0.25, -0.2) is 4.68 Å². The number of halogens is 1. The minimum Gasteiger partial charge on any atom is -0.492 e. The van der Waals surface area contributed by atoms with Crippen molar-refractivity contribution in [2.45, 2.75) is 13.5 Å². The van der Waals surface area contributed by atoms with Crippen LogP contribution in [0.5, 0.6) is 11.5 Å². The van der Waals surface area contributed by atoms with E-state index in [1.54, 1.807) is 6.20 Å². The highest BCUT2D eigenvalue weighted by atomic mass is 35.5. The van der Waals surface area contributed by atoms with Crippen molar-refractivity contribution in [3.63, 3.8) is 0 Å². The van der Waals surface area contributed by atoms with Crippen LogP contribution in [0.25, 0.3) is 0 Å². The van der Waals surface area contributed by atoms with Crippen molar-refractivity contribution in [2.75, 3.05) is 31.7 Å². The zero-order valence-corrected chi connectivity index (χ0v) is 17.3. The number of benzene rings is 2. The van der Waals surface area contributed by atoms with Crippen molar-refractivity contribution < 1.29 is 9.47 Å². The summed E-state index contributed by atoms with van der Waals surface area (Å²) in [4.78, 5) is 14.4. The summed E-state index contributed by atoms with van der Waals surface area (Å²) in [7, 11) is 1.85. The number of aromatic nitrogens is 2. The Kier molecular flexibility index (Phi) is 7.14. The first-order valence-electron chi connectivity index (χ1n) is 9.38. The van der Waals surface area contributed by atoms with E-state index in [9.17, 15) is 4.79 Å². The molecular formula is C22H24ClN3O3. The van der Waals surface area contributed by atoms with Gasteiger partial charge in [-0.3, -0.25) is 4.79 Å². The Labute approximate surface area is 175 Å². The van der Waals surface area contributed by atoms with Gasteiger partial charge in [0.25, 0.3) is 5.56 Å². The number of likely N-dealkylation sites (N-methyl/N-ethyl adjacent to an activating group) is 1. The topological polar surface area (TPSA) is 56.6 Å². The molecule has 0 bridgehead atoms. The third-order valence-corrected chi connectivity index (χ3v) is 4.73. The average Bonchev–Trinajstić information content (AvgIpc) is 2.72. The molecule has 0 amide bonds. The highest BCUT2D eigenvalue weighted by Gasteiger charge is 2.13. The van der Waals surface area contributed by atoms with Gasteiger partial charge in [-0.1, -0.05) is 41.9 Å². The van der Waals surface area contributed by atoms with Crippen LogP contribution in [-0.2, 0) is 6.54 Å². The number of hydrogen-bond donors (Lipinski definition) is 0. The molecule has 0 spiro atoms. The highest BCUT2D eigenvalue weighted by Crippen LogP contribution is 2.20. The second-order valence-corrected chi connectivity index (χ2v) is 7.00. The second-order valence-electron chi connectivity index (χ2n) is 6.62. The minimum absolute atomic E-state index is 0.137. The van der Waals surface area contributed by atoms with Gasteiger partial charge in [0.15, 0.2) is 0 Å². The van der Waals surface area contributed by atoms with Crippen molar-refractivity contribution in [1.29, 1.82) is 0 Å². The predicted molar refractivity (Wildman–Crippen MR) is 115 cm³/mol. The molecule has 6 nitrogen and oxygen atoms in total. The molecule has 0 saturated carbocycles. The van der Waals surface area contributed by atoms with Gasteiger partial charge >= 0.3 is 0 Å². The van der Waals surface area contributed by atoms with Crippen LogP contribution in [-0.4, -0.2) is 36.6 Å². The summed E-state index contributed by atoms with van der Waals surface area (Å²) >= 11 is 6.31. The fourth-order valence-electron chi connectivity index (χ4n) is 2.77. The molecule has 0 fully saturated rings. The monoisotopic (exact) mass is 413 g/mol. The molecule has 0 N–H and O–H groups in total. The Bertz CT molecular complexity index is 992. The SMILES string of the molecule is Cc1cccc(OCCN(C)c2cnn(CCOc3ccccc3)c(=O)c2Cl)c1. The van der Waals surface area contributed by atoms with Crippen LogP contribution in [0, 0.1) is 6.92 Å². The lowest BCUT2D eigenvalue weighted by Gasteiger charge is -2.20. The van der Waals surface area contributed by atoms with Crippen molar-refractivity contribution in [1.82, 2.24) is 9.78 Å². The quantitative estimate of drug-likeness (QED) is 0.534. The molecule has 29 heavy (non-hydrogen) atoms. The number of para-hydroxylation sites is 1. The zero-order valence-electron chi connectivity index (χ0n) is 16.5. The van der Waals surface area contributed by atoms with Gasteiger partial charge in [0.1, 0.15) is 29.7 Å². The van der Waals surface area contributed by atoms with Crippen LogP contribution in [0.15, 0.2) is 65.6 Å². The normalized spacial score (nSPS) is 10.6. The largest absolute Gasteiger partial charge is 0.492 e. The fourth-order valence-corrected chi connectivity index (χ4v) is 3.07. The van der Waals surface area contributed by atoms with Gasteiger partial charge in [-0.15, -0.1) is 0 Å². The molecule has 0 saturated heterocycles. The third-order valence-electron chi connectivity index (χ3n) is 4.38. The Morgan fingerprint density at radius 1 is 1.03 bits per heavy atom. The van der Waals surface area contributed by atoms with E-state index < -0.39 is 0 Å². The summed E-state index contributed by atoms with van der Waals surface area (Å²) in [5, 5.41) is 4.36. The average molecular weight is 414 g/mol. The van der Waals surface area contributed by atoms with Crippen LogP contribution < -0.4 is 19.9 Å². The molecular weight excluding hydrogens is 390 g/mol. The Hall–Kier alpha value is -2.99. The molecule has 152 valence electrons. The Morgan fingerprint density at radius 3 is 2.52 bits per heavy atom. The number of aryl methyl sites for hydroxylation is 1. The van der Waals surface area contributed by atoms with Crippen molar-refractivity contribution in [3.8, 4) is 11.5 Å². The van der Waals surface area contributed by atoms with Crippen molar-refractivity contribution in [2.24, 2.45) is 0 Å². The molecule has 0 radical (unpaired) electrons. The summed E-state index contributed by atoms with van der Waals surface area (Å²) in [6.07, 6.45) is 1.60. The molecule has 1 aromatic heterocycles. The van der Waals surface area contributed by atoms with E-state index in [2.05, 4.69) is 5.10 Å². The number of hydrogen-bond acceptors (Lipinski definition) is 5.